The van der Waals surface area contributed by atoms with Crippen LogP contribution in [-0.2, 0) is 15.6 Å². The molecule has 1 aliphatic rings. The van der Waals surface area contributed by atoms with Gasteiger partial charge in [-0.25, -0.2) is 8.42 Å². The standard InChI is InChI=1S/C18H19NO4S/c1-13(20)14-6-5-7-15(12-14)24(22,23)19-11-10-18(2,21)16-8-3-4-9-17(16)19/h3-9,12,21H,10-11H2,1-2H3. The lowest BCUT2D eigenvalue weighted by atomic mass is 9.88. The van der Waals surface area contributed by atoms with E-state index < -0.39 is 15.6 Å². The highest BCUT2D eigenvalue weighted by atomic mass is 32.2. The number of benzene rings is 2. The van der Waals surface area contributed by atoms with E-state index in [9.17, 15) is 18.3 Å². The highest BCUT2D eigenvalue weighted by Gasteiger charge is 2.38. The van der Waals surface area contributed by atoms with Gasteiger partial charge in [0.05, 0.1) is 16.2 Å². The first kappa shape index (κ1) is 16.7. The summed E-state index contributed by atoms with van der Waals surface area (Å²) >= 11 is 0. The van der Waals surface area contributed by atoms with Gasteiger partial charge in [0.15, 0.2) is 5.78 Å². The number of sulfonamides is 1. The Bertz CT molecular complexity index is 903. The highest BCUT2D eigenvalue weighted by Crippen LogP contribution is 2.40. The normalized spacial score (nSPS) is 20.5. The molecule has 1 N–H and O–H groups in total. The van der Waals surface area contributed by atoms with Gasteiger partial charge in [0.25, 0.3) is 10.0 Å². The second-order valence-electron chi connectivity index (χ2n) is 6.20. The molecule has 2 aromatic rings. The Morgan fingerprint density at radius 2 is 1.88 bits per heavy atom. The molecule has 24 heavy (non-hydrogen) atoms. The van der Waals surface area contributed by atoms with Crippen molar-refractivity contribution in [2.75, 3.05) is 10.8 Å². The molecule has 1 heterocycles. The molecule has 3 rings (SSSR count). The van der Waals surface area contributed by atoms with Gasteiger partial charge < -0.3 is 5.11 Å². The number of aliphatic hydroxyl groups is 1. The number of rotatable bonds is 3. The van der Waals surface area contributed by atoms with Crippen molar-refractivity contribution in [1.82, 2.24) is 0 Å². The van der Waals surface area contributed by atoms with E-state index in [1.54, 1.807) is 43.3 Å². The molecule has 0 fully saturated rings. The van der Waals surface area contributed by atoms with Gasteiger partial charge in [-0.15, -0.1) is 0 Å². The van der Waals surface area contributed by atoms with Crippen molar-refractivity contribution < 1.29 is 18.3 Å². The van der Waals surface area contributed by atoms with Crippen LogP contribution in [0.2, 0.25) is 0 Å². The van der Waals surface area contributed by atoms with Crippen LogP contribution in [0.15, 0.2) is 53.4 Å². The first-order valence-corrected chi connectivity index (χ1v) is 9.13. The first-order chi connectivity index (χ1) is 11.2. The van der Waals surface area contributed by atoms with Crippen LogP contribution in [0.25, 0.3) is 0 Å². The molecule has 0 amide bonds. The summed E-state index contributed by atoms with van der Waals surface area (Å²) in [6, 6.07) is 13.0. The summed E-state index contributed by atoms with van der Waals surface area (Å²) in [6.45, 7) is 3.27. The van der Waals surface area contributed by atoms with Gasteiger partial charge in [0.2, 0.25) is 0 Å². The fourth-order valence-electron chi connectivity index (χ4n) is 2.97. The first-order valence-electron chi connectivity index (χ1n) is 7.69. The molecule has 0 spiro atoms. The van der Waals surface area contributed by atoms with Gasteiger partial charge in [-0.1, -0.05) is 30.3 Å². The molecule has 0 bridgehead atoms. The fourth-order valence-corrected chi connectivity index (χ4v) is 4.50. The van der Waals surface area contributed by atoms with E-state index >= 15 is 0 Å². The molecule has 1 aliphatic heterocycles. The van der Waals surface area contributed by atoms with Crippen molar-refractivity contribution in [3.63, 3.8) is 0 Å². The molecule has 6 heteroatoms. The summed E-state index contributed by atoms with van der Waals surface area (Å²) in [7, 11) is -3.81. The minimum atomic E-state index is -3.81. The van der Waals surface area contributed by atoms with Crippen LogP contribution in [0.1, 0.15) is 36.2 Å². The summed E-state index contributed by atoms with van der Waals surface area (Å²) in [5.74, 6) is -0.186. The van der Waals surface area contributed by atoms with Crippen molar-refractivity contribution >= 4 is 21.5 Å². The summed E-state index contributed by atoms with van der Waals surface area (Å²) in [5.41, 5.74) is 0.349. The van der Waals surface area contributed by atoms with Crippen LogP contribution in [-0.4, -0.2) is 25.9 Å². The van der Waals surface area contributed by atoms with Gasteiger partial charge in [0.1, 0.15) is 0 Å². The van der Waals surface area contributed by atoms with Gasteiger partial charge in [-0.3, -0.25) is 9.10 Å². The van der Waals surface area contributed by atoms with Crippen LogP contribution in [0.3, 0.4) is 0 Å². The molecule has 0 aromatic heterocycles. The maximum absolute atomic E-state index is 13.1. The van der Waals surface area contributed by atoms with Crippen LogP contribution in [0.5, 0.6) is 0 Å². The van der Waals surface area contributed by atoms with Crippen LogP contribution >= 0.6 is 0 Å². The van der Waals surface area contributed by atoms with Crippen LogP contribution < -0.4 is 4.31 Å². The zero-order chi connectivity index (χ0) is 17.5. The van der Waals surface area contributed by atoms with Crippen molar-refractivity contribution in [3.05, 3.63) is 59.7 Å². The summed E-state index contributed by atoms with van der Waals surface area (Å²) in [5, 5.41) is 10.5. The quantitative estimate of drug-likeness (QED) is 0.868. The molecule has 0 saturated carbocycles. The Hall–Kier alpha value is -2.18. The second-order valence-corrected chi connectivity index (χ2v) is 8.06. The number of anilines is 1. The lowest BCUT2D eigenvalue weighted by Gasteiger charge is -2.38. The third-order valence-corrected chi connectivity index (χ3v) is 6.19. The SMILES string of the molecule is CC(=O)c1cccc(S(=O)(=O)N2CCC(C)(O)c3ccccc32)c1. The third kappa shape index (κ3) is 2.72. The Kier molecular flexibility index (Phi) is 3.97. The molecule has 5 nitrogen and oxygen atoms in total. The number of carbonyl (C=O) groups excluding carboxylic acids is 1. The van der Waals surface area contributed by atoms with Crippen molar-refractivity contribution in [1.29, 1.82) is 0 Å². The van der Waals surface area contributed by atoms with E-state index in [4.69, 9.17) is 0 Å². The molecule has 0 saturated heterocycles. The average molecular weight is 345 g/mol. The topological polar surface area (TPSA) is 74.7 Å². The van der Waals surface area contributed by atoms with E-state index in [1.807, 2.05) is 0 Å². The number of nitrogens with zero attached hydrogens (tertiary/aromatic N) is 1. The van der Waals surface area contributed by atoms with Crippen LogP contribution in [0.4, 0.5) is 5.69 Å². The second kappa shape index (κ2) is 5.72. The Morgan fingerprint density at radius 3 is 2.58 bits per heavy atom. The van der Waals surface area contributed by atoms with Crippen molar-refractivity contribution in [2.45, 2.75) is 30.8 Å². The maximum Gasteiger partial charge on any atom is 0.264 e. The van der Waals surface area contributed by atoms with Crippen molar-refractivity contribution in [3.8, 4) is 0 Å². The van der Waals surface area contributed by atoms with E-state index in [1.165, 1.54) is 23.4 Å². The van der Waals surface area contributed by atoms with Gasteiger partial charge >= 0.3 is 0 Å². The zero-order valence-electron chi connectivity index (χ0n) is 13.6. The number of Topliss-reactive ketones (excluding diaryl/α,β-unsaturated/α-hetero) is 1. The zero-order valence-corrected chi connectivity index (χ0v) is 14.4. The maximum atomic E-state index is 13.1. The van der Waals surface area contributed by atoms with Gasteiger partial charge in [-0.2, -0.15) is 0 Å². The van der Waals surface area contributed by atoms with Gasteiger partial charge in [-0.05, 0) is 38.5 Å². The molecule has 1 unspecified atom stereocenters. The Morgan fingerprint density at radius 1 is 1.17 bits per heavy atom. The molecule has 126 valence electrons. The predicted molar refractivity (Wildman–Crippen MR) is 91.6 cm³/mol. The van der Waals surface area contributed by atoms with Crippen molar-refractivity contribution in [2.24, 2.45) is 0 Å². The Balaban J connectivity index is 2.12. The van der Waals surface area contributed by atoms with E-state index in [-0.39, 0.29) is 17.2 Å². The van der Waals surface area contributed by atoms with E-state index in [0.29, 0.717) is 23.2 Å². The molecule has 0 aliphatic carbocycles. The minimum absolute atomic E-state index is 0.0755. The molecule has 2 aromatic carbocycles. The molecule has 1 atom stereocenters. The predicted octanol–water partition coefficient (Wildman–Crippen LogP) is 2.70. The summed E-state index contributed by atoms with van der Waals surface area (Å²) in [4.78, 5) is 11.6. The molecule has 0 radical (unpaired) electrons. The number of hydrogen-bond donors (Lipinski definition) is 1. The lowest BCUT2D eigenvalue weighted by molar-refractivity contribution is 0.0472. The Labute approximate surface area is 141 Å². The monoisotopic (exact) mass is 345 g/mol. The van der Waals surface area contributed by atoms with Crippen LogP contribution in [0, 0.1) is 0 Å². The third-order valence-electron chi connectivity index (χ3n) is 4.38. The van der Waals surface area contributed by atoms with E-state index in [0.717, 1.165) is 0 Å². The summed E-state index contributed by atoms with van der Waals surface area (Å²) < 4.78 is 27.4. The number of para-hydroxylation sites is 1. The minimum Gasteiger partial charge on any atom is -0.385 e. The number of carbonyl (C=O) groups is 1. The van der Waals surface area contributed by atoms with E-state index in [2.05, 4.69) is 0 Å². The lowest BCUT2D eigenvalue weighted by Crippen LogP contribution is -2.42. The molecular weight excluding hydrogens is 326 g/mol. The number of hydrogen-bond acceptors (Lipinski definition) is 4. The number of fused-ring (bicyclic) bond motifs is 1. The average Bonchev–Trinajstić information content (AvgIpc) is 2.55. The highest BCUT2D eigenvalue weighted by molar-refractivity contribution is 7.92. The number of ketones is 1. The van der Waals surface area contributed by atoms with Gasteiger partial charge in [0, 0.05) is 17.7 Å². The molecular formula is C18H19NO4S. The summed E-state index contributed by atoms with van der Waals surface area (Å²) in [6.07, 6.45) is 0.301. The smallest absolute Gasteiger partial charge is 0.264 e. The largest absolute Gasteiger partial charge is 0.385 e. The fraction of sp³-hybridized carbons (Fsp3) is 0.278.